The first-order valence-corrected chi connectivity index (χ1v) is 10.8. The second-order valence-electron chi connectivity index (χ2n) is 7.56. The number of nitrogens with one attached hydrogen (secondary N) is 1. The highest BCUT2D eigenvalue weighted by molar-refractivity contribution is 7.16. The third-order valence-electron chi connectivity index (χ3n) is 5.92. The highest BCUT2D eigenvalue weighted by atomic mass is 32.1. The molecule has 1 N–H and O–H groups in total. The molecule has 3 heterocycles. The van der Waals surface area contributed by atoms with Crippen molar-refractivity contribution in [1.82, 2.24) is 14.9 Å². The topological polar surface area (TPSA) is 76.0 Å². The Morgan fingerprint density at radius 3 is 2.72 bits per heavy atom. The van der Waals surface area contributed by atoms with Crippen molar-refractivity contribution < 1.29 is 0 Å². The molecule has 0 spiro atoms. The van der Waals surface area contributed by atoms with Gasteiger partial charge in [0.25, 0.3) is 5.56 Å². The average Bonchev–Trinajstić information content (AvgIpc) is 3.44. The van der Waals surface area contributed by atoms with Crippen molar-refractivity contribution in [2.45, 2.75) is 18.9 Å². The molecule has 5 rings (SSSR count). The molecule has 2 aliphatic rings. The van der Waals surface area contributed by atoms with Crippen LogP contribution in [0.5, 0.6) is 0 Å². The van der Waals surface area contributed by atoms with Crippen LogP contribution in [0.1, 0.15) is 24.1 Å². The molecule has 0 amide bonds. The lowest BCUT2D eigenvalue weighted by Crippen LogP contribution is -2.49. The summed E-state index contributed by atoms with van der Waals surface area (Å²) >= 11 is 1.39. The van der Waals surface area contributed by atoms with E-state index in [0.29, 0.717) is 16.3 Å². The minimum atomic E-state index is -0.0413. The number of thiazole rings is 1. The quantitative estimate of drug-likeness (QED) is 0.727. The van der Waals surface area contributed by atoms with Crippen LogP contribution in [0.15, 0.2) is 46.7 Å². The van der Waals surface area contributed by atoms with E-state index in [-0.39, 0.29) is 5.56 Å². The zero-order chi connectivity index (χ0) is 19.8. The van der Waals surface area contributed by atoms with Gasteiger partial charge in [-0.25, -0.2) is 4.98 Å². The van der Waals surface area contributed by atoms with Crippen LogP contribution in [0.25, 0.3) is 15.8 Å². The third-order valence-corrected chi connectivity index (χ3v) is 6.77. The molecule has 1 aliphatic carbocycles. The minimum Gasteiger partial charge on any atom is -0.369 e. The number of fused-ring (bicyclic) bond motifs is 1. The van der Waals surface area contributed by atoms with Crippen LogP contribution >= 0.6 is 11.3 Å². The van der Waals surface area contributed by atoms with Gasteiger partial charge < -0.3 is 9.88 Å². The Morgan fingerprint density at radius 2 is 1.97 bits per heavy atom. The van der Waals surface area contributed by atoms with Crippen LogP contribution in [0.2, 0.25) is 0 Å². The number of rotatable bonds is 3. The summed E-state index contributed by atoms with van der Waals surface area (Å²) in [6.07, 6.45) is 4.39. The van der Waals surface area contributed by atoms with E-state index in [2.05, 4.69) is 31.9 Å². The Morgan fingerprint density at radius 1 is 1.17 bits per heavy atom. The van der Waals surface area contributed by atoms with Gasteiger partial charge in [-0.15, -0.1) is 11.3 Å². The van der Waals surface area contributed by atoms with Crippen molar-refractivity contribution >= 4 is 32.8 Å². The largest absolute Gasteiger partial charge is 0.369 e. The van der Waals surface area contributed by atoms with Gasteiger partial charge >= 0.3 is 0 Å². The number of nitrogens with zero attached hydrogens (tertiary/aromatic N) is 4. The second-order valence-corrected chi connectivity index (χ2v) is 8.41. The van der Waals surface area contributed by atoms with Crippen LogP contribution < -0.4 is 10.5 Å². The average molecular weight is 404 g/mol. The second kappa shape index (κ2) is 7.47. The Hall–Kier alpha value is -2.95. The number of nitriles is 1. The summed E-state index contributed by atoms with van der Waals surface area (Å²) in [7, 11) is 0. The standard InChI is InChI=1S/C22H21N5OS/c23-13-15-1-4-17(5-2-15)26-7-9-27(10-8-26)18-6-3-16(11-18)19-12-20-21(22(28)25-19)29-14-24-20/h1-2,4-5,11-12,14,18H,3,6-10H2,(H,25,28)/t18-/m0/s1. The van der Waals surface area contributed by atoms with Gasteiger partial charge in [-0.05, 0) is 48.7 Å². The van der Waals surface area contributed by atoms with Crippen LogP contribution in [-0.2, 0) is 0 Å². The number of hydrogen-bond acceptors (Lipinski definition) is 6. The molecule has 1 aliphatic heterocycles. The van der Waals surface area contributed by atoms with Crippen LogP contribution in [0.4, 0.5) is 5.69 Å². The summed E-state index contributed by atoms with van der Waals surface area (Å²) in [5.74, 6) is 0. The van der Waals surface area contributed by atoms with Gasteiger partial charge in [0.2, 0.25) is 0 Å². The fourth-order valence-electron chi connectivity index (χ4n) is 4.33. The molecule has 146 valence electrons. The highest BCUT2D eigenvalue weighted by Gasteiger charge is 2.27. The molecule has 0 radical (unpaired) electrons. The first-order valence-electron chi connectivity index (χ1n) is 9.88. The Labute approximate surface area is 172 Å². The molecule has 3 aromatic rings. The first kappa shape index (κ1) is 18.1. The highest BCUT2D eigenvalue weighted by Crippen LogP contribution is 2.31. The van der Waals surface area contributed by atoms with E-state index in [1.165, 1.54) is 22.6 Å². The molecule has 0 saturated carbocycles. The summed E-state index contributed by atoms with van der Waals surface area (Å²) in [6.45, 7) is 3.98. The fourth-order valence-corrected chi connectivity index (χ4v) is 4.99. The van der Waals surface area contributed by atoms with Gasteiger partial charge in [0, 0.05) is 43.6 Å². The van der Waals surface area contributed by atoms with E-state index < -0.39 is 0 Å². The molecule has 0 bridgehead atoms. The molecule has 1 aromatic carbocycles. The molecule has 6 nitrogen and oxygen atoms in total. The van der Waals surface area contributed by atoms with Crippen LogP contribution in [-0.4, -0.2) is 47.1 Å². The van der Waals surface area contributed by atoms with Crippen molar-refractivity contribution in [3.8, 4) is 6.07 Å². The predicted octanol–water partition coefficient (Wildman–Crippen LogP) is 3.22. The van der Waals surface area contributed by atoms with Gasteiger partial charge in [0.05, 0.1) is 22.7 Å². The third kappa shape index (κ3) is 3.46. The zero-order valence-corrected chi connectivity index (χ0v) is 16.8. The van der Waals surface area contributed by atoms with E-state index in [9.17, 15) is 4.79 Å². The predicted molar refractivity (Wildman–Crippen MR) is 116 cm³/mol. The molecule has 2 aromatic heterocycles. The number of anilines is 1. The number of aromatic nitrogens is 2. The number of benzene rings is 1. The molecule has 0 unspecified atom stereocenters. The number of H-pyrrole nitrogens is 1. The molecular formula is C22H21N5OS. The molecule has 7 heteroatoms. The van der Waals surface area contributed by atoms with Gasteiger partial charge in [-0.1, -0.05) is 6.08 Å². The van der Waals surface area contributed by atoms with Crippen molar-refractivity contribution in [2.75, 3.05) is 31.1 Å². The van der Waals surface area contributed by atoms with E-state index in [4.69, 9.17) is 5.26 Å². The minimum absolute atomic E-state index is 0.0413. The van der Waals surface area contributed by atoms with Gasteiger partial charge in [-0.3, -0.25) is 9.69 Å². The maximum atomic E-state index is 12.3. The Bertz CT molecular complexity index is 1160. The summed E-state index contributed by atoms with van der Waals surface area (Å²) in [6, 6.07) is 12.4. The lowest BCUT2D eigenvalue weighted by atomic mass is 10.1. The van der Waals surface area contributed by atoms with E-state index in [1.807, 2.05) is 30.3 Å². The van der Waals surface area contributed by atoms with E-state index >= 15 is 0 Å². The number of aromatic amines is 1. The van der Waals surface area contributed by atoms with Crippen molar-refractivity contribution in [3.63, 3.8) is 0 Å². The van der Waals surface area contributed by atoms with Gasteiger partial charge in [0.15, 0.2) is 0 Å². The summed E-state index contributed by atoms with van der Waals surface area (Å²) < 4.78 is 0.697. The molecular weight excluding hydrogens is 382 g/mol. The summed E-state index contributed by atoms with van der Waals surface area (Å²) in [4.78, 5) is 24.5. The zero-order valence-electron chi connectivity index (χ0n) is 16.0. The first-order chi connectivity index (χ1) is 14.2. The number of allylic oxidation sites excluding steroid dienone is 1. The smallest absolute Gasteiger partial charge is 0.268 e. The lowest BCUT2D eigenvalue weighted by Gasteiger charge is -2.38. The van der Waals surface area contributed by atoms with Crippen LogP contribution in [0, 0.1) is 11.3 Å². The molecule has 1 atom stereocenters. The van der Waals surface area contributed by atoms with Crippen molar-refractivity contribution in [1.29, 1.82) is 5.26 Å². The molecule has 1 fully saturated rings. The SMILES string of the molecule is N#Cc1ccc(N2CCN([C@@H]3C=C(c4cc5ncsc5c(=O)[nH]4)CC3)CC2)cc1. The molecule has 1 saturated heterocycles. The number of piperazine rings is 1. The van der Waals surface area contributed by atoms with Crippen molar-refractivity contribution in [2.24, 2.45) is 0 Å². The Kier molecular flexibility index (Phi) is 4.66. The molecule has 29 heavy (non-hydrogen) atoms. The lowest BCUT2D eigenvalue weighted by molar-refractivity contribution is 0.214. The summed E-state index contributed by atoms with van der Waals surface area (Å²) in [5, 5.41) is 8.96. The van der Waals surface area contributed by atoms with E-state index in [0.717, 1.165) is 50.2 Å². The van der Waals surface area contributed by atoms with E-state index in [1.54, 1.807) is 5.51 Å². The number of pyridine rings is 1. The van der Waals surface area contributed by atoms with Crippen LogP contribution in [0.3, 0.4) is 0 Å². The maximum absolute atomic E-state index is 12.3. The van der Waals surface area contributed by atoms with Gasteiger partial charge in [-0.2, -0.15) is 5.26 Å². The number of hydrogen-bond donors (Lipinski definition) is 1. The maximum Gasteiger partial charge on any atom is 0.268 e. The van der Waals surface area contributed by atoms with Crippen molar-refractivity contribution in [3.05, 3.63) is 63.5 Å². The normalized spacial score (nSPS) is 20.0. The van der Waals surface area contributed by atoms with Gasteiger partial charge in [0.1, 0.15) is 4.70 Å². The monoisotopic (exact) mass is 403 g/mol. The Balaban J connectivity index is 1.27. The summed E-state index contributed by atoms with van der Waals surface area (Å²) in [5.41, 5.74) is 6.48. The fraction of sp³-hybridized carbons (Fsp3) is 0.318.